The lowest BCUT2D eigenvalue weighted by Crippen LogP contribution is -2.08. The van der Waals surface area contributed by atoms with E-state index in [9.17, 15) is 13.2 Å². The molecule has 0 spiro atoms. The Hall–Kier alpha value is -3.35. The average Bonchev–Trinajstić information content (AvgIpc) is 3.28. The van der Waals surface area contributed by atoms with Crippen LogP contribution >= 0.6 is 0 Å². The second-order valence-corrected chi connectivity index (χ2v) is 7.55. The third kappa shape index (κ3) is 2.93. The highest BCUT2D eigenvalue weighted by molar-refractivity contribution is 6.04. The van der Waals surface area contributed by atoms with Crippen LogP contribution in [0.2, 0.25) is 0 Å². The van der Waals surface area contributed by atoms with Gasteiger partial charge < -0.3 is 8.97 Å². The molecule has 7 heteroatoms. The van der Waals surface area contributed by atoms with Crippen molar-refractivity contribution in [1.82, 2.24) is 18.9 Å². The SMILES string of the molecule is Cc1ccc(C(F)(F)F)c2nc(CCc3nc4c5ccccc5ccc4n3C)cn12. The number of hydrogen-bond donors (Lipinski definition) is 0. The van der Waals surface area contributed by atoms with Gasteiger partial charge in [0.05, 0.1) is 22.3 Å². The van der Waals surface area contributed by atoms with Crippen molar-refractivity contribution in [2.24, 2.45) is 7.05 Å². The number of pyridine rings is 1. The molecule has 0 saturated heterocycles. The molecule has 30 heavy (non-hydrogen) atoms. The molecule has 0 unspecified atom stereocenters. The molecule has 0 aliphatic rings. The summed E-state index contributed by atoms with van der Waals surface area (Å²) < 4.78 is 43.6. The lowest BCUT2D eigenvalue weighted by atomic mass is 10.1. The molecule has 3 heterocycles. The molecule has 0 amide bonds. The smallest absolute Gasteiger partial charge is 0.331 e. The molecule has 5 rings (SSSR count). The summed E-state index contributed by atoms with van der Waals surface area (Å²) in [6.07, 6.45) is -1.65. The molecule has 0 N–H and O–H groups in total. The predicted molar refractivity (Wildman–Crippen MR) is 111 cm³/mol. The first-order valence-electron chi connectivity index (χ1n) is 9.71. The lowest BCUT2D eigenvalue weighted by Gasteiger charge is -2.09. The Morgan fingerprint density at radius 1 is 0.933 bits per heavy atom. The zero-order valence-corrected chi connectivity index (χ0v) is 16.5. The van der Waals surface area contributed by atoms with Gasteiger partial charge in [-0.3, -0.25) is 0 Å². The molecule has 2 aromatic carbocycles. The summed E-state index contributed by atoms with van der Waals surface area (Å²) in [5.41, 5.74) is 2.55. The summed E-state index contributed by atoms with van der Waals surface area (Å²) in [7, 11) is 1.97. The van der Waals surface area contributed by atoms with E-state index in [4.69, 9.17) is 4.98 Å². The number of aryl methyl sites for hydroxylation is 4. The summed E-state index contributed by atoms with van der Waals surface area (Å²) in [5.74, 6) is 0.881. The van der Waals surface area contributed by atoms with Crippen molar-refractivity contribution in [3.8, 4) is 0 Å². The van der Waals surface area contributed by atoms with Crippen LogP contribution in [0.15, 0.2) is 54.7 Å². The van der Waals surface area contributed by atoms with Gasteiger partial charge in [0.2, 0.25) is 0 Å². The molecule has 0 radical (unpaired) electrons. The maximum Gasteiger partial charge on any atom is 0.419 e. The van der Waals surface area contributed by atoms with Gasteiger partial charge in [0.25, 0.3) is 0 Å². The van der Waals surface area contributed by atoms with Gasteiger partial charge in [-0.2, -0.15) is 13.2 Å². The number of rotatable bonds is 3. The van der Waals surface area contributed by atoms with Crippen LogP contribution in [-0.4, -0.2) is 18.9 Å². The number of aromatic nitrogens is 4. The monoisotopic (exact) mass is 408 g/mol. The number of alkyl halides is 3. The average molecular weight is 408 g/mol. The number of nitrogens with zero attached hydrogens (tertiary/aromatic N) is 4. The molecular formula is C23H19F3N4. The van der Waals surface area contributed by atoms with E-state index < -0.39 is 11.7 Å². The lowest BCUT2D eigenvalue weighted by molar-refractivity contribution is -0.136. The molecule has 152 valence electrons. The Bertz CT molecular complexity index is 1410. The molecule has 0 bridgehead atoms. The molecule has 0 aliphatic heterocycles. The minimum absolute atomic E-state index is 0.0477. The number of hydrogen-bond acceptors (Lipinski definition) is 2. The van der Waals surface area contributed by atoms with E-state index in [0.717, 1.165) is 33.7 Å². The van der Waals surface area contributed by atoms with Crippen LogP contribution in [0, 0.1) is 6.92 Å². The fourth-order valence-electron chi connectivity index (χ4n) is 4.03. The van der Waals surface area contributed by atoms with Gasteiger partial charge in [0.1, 0.15) is 11.5 Å². The minimum Gasteiger partial charge on any atom is -0.331 e. The largest absolute Gasteiger partial charge is 0.419 e. The fourth-order valence-corrected chi connectivity index (χ4v) is 4.03. The van der Waals surface area contributed by atoms with Crippen molar-refractivity contribution >= 4 is 27.5 Å². The quantitative estimate of drug-likeness (QED) is 0.396. The molecule has 4 nitrogen and oxygen atoms in total. The van der Waals surface area contributed by atoms with Crippen LogP contribution in [0.25, 0.3) is 27.5 Å². The first-order chi connectivity index (χ1) is 14.3. The van der Waals surface area contributed by atoms with Crippen molar-refractivity contribution < 1.29 is 13.2 Å². The third-order valence-corrected chi connectivity index (χ3v) is 5.65. The summed E-state index contributed by atoms with van der Waals surface area (Å²) in [6, 6.07) is 14.8. The number of halogens is 3. The first-order valence-corrected chi connectivity index (χ1v) is 9.71. The van der Waals surface area contributed by atoms with Crippen molar-refractivity contribution in [3.05, 3.63) is 77.5 Å². The summed E-state index contributed by atoms with van der Waals surface area (Å²) in [4.78, 5) is 9.13. The Morgan fingerprint density at radius 2 is 1.73 bits per heavy atom. The van der Waals surface area contributed by atoms with Gasteiger partial charge in [0, 0.05) is 30.7 Å². The molecule has 0 fully saturated rings. The van der Waals surface area contributed by atoms with Gasteiger partial charge in [0.15, 0.2) is 0 Å². The van der Waals surface area contributed by atoms with Crippen molar-refractivity contribution in [2.45, 2.75) is 25.9 Å². The number of imidazole rings is 2. The van der Waals surface area contributed by atoms with Crippen LogP contribution < -0.4 is 0 Å². The highest BCUT2D eigenvalue weighted by Crippen LogP contribution is 2.33. The molecule has 0 aliphatic carbocycles. The van der Waals surface area contributed by atoms with E-state index in [1.807, 2.05) is 23.7 Å². The van der Waals surface area contributed by atoms with Gasteiger partial charge in [-0.25, -0.2) is 9.97 Å². The van der Waals surface area contributed by atoms with Gasteiger partial charge in [-0.1, -0.05) is 30.3 Å². The third-order valence-electron chi connectivity index (χ3n) is 5.65. The van der Waals surface area contributed by atoms with Crippen molar-refractivity contribution in [1.29, 1.82) is 0 Å². The molecule has 5 aromatic rings. The molecule has 0 atom stereocenters. The van der Waals surface area contributed by atoms with Crippen LogP contribution in [0.5, 0.6) is 0 Å². The maximum absolute atomic E-state index is 13.3. The second kappa shape index (κ2) is 6.58. The predicted octanol–water partition coefficient (Wildman–Crippen LogP) is 5.49. The van der Waals surface area contributed by atoms with Crippen molar-refractivity contribution in [2.75, 3.05) is 0 Å². The molecular weight excluding hydrogens is 389 g/mol. The van der Waals surface area contributed by atoms with E-state index in [1.54, 1.807) is 13.1 Å². The first kappa shape index (κ1) is 18.7. The topological polar surface area (TPSA) is 35.1 Å². The number of benzene rings is 2. The zero-order chi connectivity index (χ0) is 21.0. The van der Waals surface area contributed by atoms with Crippen molar-refractivity contribution in [3.63, 3.8) is 0 Å². The Balaban J connectivity index is 1.51. The molecule has 3 aromatic heterocycles. The van der Waals surface area contributed by atoms with Crippen LogP contribution in [0.4, 0.5) is 13.2 Å². The Kier molecular flexibility index (Phi) is 4.10. The van der Waals surface area contributed by atoms with E-state index in [-0.39, 0.29) is 5.65 Å². The van der Waals surface area contributed by atoms with E-state index >= 15 is 0 Å². The van der Waals surface area contributed by atoms with Gasteiger partial charge in [-0.15, -0.1) is 0 Å². The zero-order valence-electron chi connectivity index (χ0n) is 16.5. The Labute approximate surface area is 170 Å². The standard InChI is InChI=1S/C23H19F3N4/c1-14-7-10-18(23(24,25)26)22-27-16(13-30(14)22)9-12-20-28-21-17-6-4-3-5-15(17)8-11-19(21)29(20)2/h3-8,10-11,13H,9,12H2,1-2H3. The van der Waals surface area contributed by atoms with Gasteiger partial charge >= 0.3 is 6.18 Å². The molecule has 0 saturated carbocycles. The van der Waals surface area contributed by atoms with Gasteiger partial charge in [-0.05, 0) is 36.9 Å². The Morgan fingerprint density at radius 3 is 2.53 bits per heavy atom. The highest BCUT2D eigenvalue weighted by Gasteiger charge is 2.34. The summed E-state index contributed by atoms with van der Waals surface area (Å²) >= 11 is 0. The summed E-state index contributed by atoms with van der Waals surface area (Å²) in [6.45, 7) is 1.77. The van der Waals surface area contributed by atoms with E-state index in [2.05, 4.69) is 29.2 Å². The van der Waals surface area contributed by atoms with Crippen LogP contribution in [-0.2, 0) is 26.1 Å². The minimum atomic E-state index is -4.43. The summed E-state index contributed by atoms with van der Waals surface area (Å²) in [5, 5.41) is 2.22. The van der Waals surface area contributed by atoms with E-state index in [1.165, 1.54) is 10.5 Å². The second-order valence-electron chi connectivity index (χ2n) is 7.55. The number of fused-ring (bicyclic) bond motifs is 4. The normalized spacial score (nSPS) is 12.4. The fraction of sp³-hybridized carbons (Fsp3) is 0.217. The maximum atomic E-state index is 13.3. The van der Waals surface area contributed by atoms with E-state index in [0.29, 0.717) is 24.2 Å². The van der Waals surface area contributed by atoms with Crippen LogP contribution in [0.1, 0.15) is 22.8 Å². The highest BCUT2D eigenvalue weighted by atomic mass is 19.4. The van der Waals surface area contributed by atoms with Crippen LogP contribution in [0.3, 0.4) is 0 Å².